The SMILES string of the molecule is CC1(C)CNC(=O)c2nc([C@]3(C)CCCO3)[nH]c2C1. The Kier molecular flexibility index (Phi) is 2.71. The normalized spacial score (nSPS) is 29.7. The van der Waals surface area contributed by atoms with Crippen molar-refractivity contribution in [3.8, 4) is 0 Å². The fourth-order valence-corrected chi connectivity index (χ4v) is 2.89. The number of fused-ring (bicyclic) bond motifs is 1. The number of ether oxygens (including phenoxy) is 1. The van der Waals surface area contributed by atoms with E-state index in [0.717, 1.165) is 37.4 Å². The molecular formula is C14H21N3O2. The minimum atomic E-state index is -0.364. The molecule has 2 aliphatic heterocycles. The number of aromatic nitrogens is 2. The van der Waals surface area contributed by atoms with E-state index in [1.807, 2.05) is 6.92 Å². The van der Waals surface area contributed by atoms with Gasteiger partial charge in [0.1, 0.15) is 17.1 Å². The van der Waals surface area contributed by atoms with Crippen LogP contribution in [0.1, 0.15) is 55.6 Å². The van der Waals surface area contributed by atoms with E-state index in [0.29, 0.717) is 12.2 Å². The van der Waals surface area contributed by atoms with Crippen molar-refractivity contribution < 1.29 is 9.53 Å². The third-order valence-electron chi connectivity index (χ3n) is 4.10. The smallest absolute Gasteiger partial charge is 0.271 e. The Morgan fingerprint density at radius 1 is 1.32 bits per heavy atom. The molecule has 104 valence electrons. The fraction of sp³-hybridized carbons (Fsp3) is 0.714. The molecule has 5 nitrogen and oxygen atoms in total. The van der Waals surface area contributed by atoms with Gasteiger partial charge in [0, 0.05) is 18.8 Å². The molecule has 0 bridgehead atoms. The molecule has 0 saturated carbocycles. The largest absolute Gasteiger partial charge is 0.367 e. The third kappa shape index (κ3) is 2.16. The molecule has 1 aromatic heterocycles. The van der Waals surface area contributed by atoms with E-state index in [4.69, 9.17) is 4.74 Å². The molecule has 1 fully saturated rings. The predicted octanol–water partition coefficient (Wildman–Crippen LogP) is 1.75. The molecule has 1 saturated heterocycles. The summed E-state index contributed by atoms with van der Waals surface area (Å²) < 4.78 is 5.80. The first kappa shape index (κ1) is 12.7. The zero-order chi connectivity index (χ0) is 13.7. The highest BCUT2D eigenvalue weighted by atomic mass is 16.5. The van der Waals surface area contributed by atoms with E-state index < -0.39 is 0 Å². The summed E-state index contributed by atoms with van der Waals surface area (Å²) in [4.78, 5) is 20.0. The molecule has 3 heterocycles. The van der Waals surface area contributed by atoms with Gasteiger partial charge in [-0.05, 0) is 31.6 Å². The van der Waals surface area contributed by atoms with Crippen LogP contribution in [0, 0.1) is 5.41 Å². The number of amides is 1. The molecule has 0 spiro atoms. The highest BCUT2D eigenvalue weighted by molar-refractivity contribution is 5.94. The summed E-state index contributed by atoms with van der Waals surface area (Å²) in [6.45, 7) is 7.78. The molecule has 5 heteroatoms. The van der Waals surface area contributed by atoms with Gasteiger partial charge in [-0.1, -0.05) is 13.8 Å². The van der Waals surface area contributed by atoms with E-state index in [2.05, 4.69) is 29.1 Å². The predicted molar refractivity (Wildman–Crippen MR) is 70.9 cm³/mol. The lowest BCUT2D eigenvalue weighted by molar-refractivity contribution is 0.00983. The van der Waals surface area contributed by atoms with Crippen LogP contribution in [-0.4, -0.2) is 29.0 Å². The molecule has 0 aromatic carbocycles. The summed E-state index contributed by atoms with van der Waals surface area (Å²) in [5, 5.41) is 2.95. The van der Waals surface area contributed by atoms with Crippen molar-refractivity contribution in [2.75, 3.05) is 13.2 Å². The van der Waals surface area contributed by atoms with Gasteiger partial charge in [0.2, 0.25) is 0 Å². The second-order valence-electron chi connectivity index (χ2n) is 6.62. The van der Waals surface area contributed by atoms with Crippen molar-refractivity contribution in [1.82, 2.24) is 15.3 Å². The van der Waals surface area contributed by atoms with Gasteiger partial charge in [0.05, 0.1) is 0 Å². The fourth-order valence-electron chi connectivity index (χ4n) is 2.89. The minimum absolute atomic E-state index is 0.0438. The average Bonchev–Trinajstić information content (AvgIpc) is 2.91. The van der Waals surface area contributed by atoms with Gasteiger partial charge in [-0.25, -0.2) is 4.98 Å². The Labute approximate surface area is 113 Å². The highest BCUT2D eigenvalue weighted by Gasteiger charge is 2.38. The van der Waals surface area contributed by atoms with Crippen LogP contribution in [0.5, 0.6) is 0 Å². The number of aromatic amines is 1. The van der Waals surface area contributed by atoms with Gasteiger partial charge in [-0.3, -0.25) is 4.79 Å². The van der Waals surface area contributed by atoms with E-state index in [1.165, 1.54) is 0 Å². The number of hydrogen-bond donors (Lipinski definition) is 2. The number of H-pyrrole nitrogens is 1. The van der Waals surface area contributed by atoms with Crippen molar-refractivity contribution in [3.63, 3.8) is 0 Å². The lowest BCUT2D eigenvalue weighted by Crippen LogP contribution is -2.32. The van der Waals surface area contributed by atoms with E-state index in [-0.39, 0.29) is 16.9 Å². The van der Waals surface area contributed by atoms with Crippen LogP contribution in [0.3, 0.4) is 0 Å². The number of rotatable bonds is 1. The maximum Gasteiger partial charge on any atom is 0.271 e. The Hall–Kier alpha value is -1.36. The zero-order valence-corrected chi connectivity index (χ0v) is 11.8. The molecule has 0 aliphatic carbocycles. The Morgan fingerprint density at radius 2 is 2.11 bits per heavy atom. The molecule has 3 rings (SSSR count). The first-order chi connectivity index (χ1) is 8.90. The Balaban J connectivity index is 2.00. The number of nitrogens with one attached hydrogen (secondary N) is 2. The topological polar surface area (TPSA) is 67.0 Å². The number of carbonyl (C=O) groups is 1. The minimum Gasteiger partial charge on any atom is -0.367 e. The van der Waals surface area contributed by atoms with Crippen LogP contribution < -0.4 is 5.32 Å². The van der Waals surface area contributed by atoms with Gasteiger partial charge in [-0.2, -0.15) is 0 Å². The summed E-state index contributed by atoms with van der Waals surface area (Å²) in [5.74, 6) is 0.715. The number of hydrogen-bond acceptors (Lipinski definition) is 3. The second-order valence-corrected chi connectivity index (χ2v) is 6.62. The van der Waals surface area contributed by atoms with E-state index in [1.54, 1.807) is 0 Å². The van der Waals surface area contributed by atoms with Crippen molar-refractivity contribution in [2.24, 2.45) is 5.41 Å². The summed E-state index contributed by atoms with van der Waals surface area (Å²) in [5.41, 5.74) is 1.16. The number of carbonyl (C=O) groups excluding carboxylic acids is 1. The second kappa shape index (κ2) is 4.07. The van der Waals surface area contributed by atoms with Crippen LogP contribution in [0.4, 0.5) is 0 Å². The number of imidazole rings is 1. The Bertz CT molecular complexity index is 513. The zero-order valence-electron chi connectivity index (χ0n) is 11.8. The lowest BCUT2D eigenvalue weighted by Gasteiger charge is -2.22. The average molecular weight is 263 g/mol. The van der Waals surface area contributed by atoms with Gasteiger partial charge in [0.15, 0.2) is 0 Å². The maximum absolute atomic E-state index is 12.1. The first-order valence-corrected chi connectivity index (χ1v) is 6.91. The molecule has 1 atom stereocenters. The van der Waals surface area contributed by atoms with Crippen LogP contribution in [-0.2, 0) is 16.8 Å². The molecule has 1 amide bonds. The van der Waals surface area contributed by atoms with E-state index in [9.17, 15) is 4.79 Å². The molecule has 0 unspecified atom stereocenters. The van der Waals surface area contributed by atoms with Crippen molar-refractivity contribution in [3.05, 3.63) is 17.2 Å². The maximum atomic E-state index is 12.1. The van der Waals surface area contributed by atoms with Crippen molar-refractivity contribution in [1.29, 1.82) is 0 Å². The molecule has 2 N–H and O–H groups in total. The monoisotopic (exact) mass is 263 g/mol. The molecule has 0 radical (unpaired) electrons. The summed E-state index contributed by atoms with van der Waals surface area (Å²) in [6.07, 6.45) is 2.81. The lowest BCUT2D eigenvalue weighted by atomic mass is 9.88. The Morgan fingerprint density at radius 3 is 2.79 bits per heavy atom. The molecular weight excluding hydrogens is 242 g/mol. The van der Waals surface area contributed by atoms with Crippen molar-refractivity contribution >= 4 is 5.91 Å². The van der Waals surface area contributed by atoms with Gasteiger partial charge in [-0.15, -0.1) is 0 Å². The van der Waals surface area contributed by atoms with Crippen LogP contribution in [0.2, 0.25) is 0 Å². The highest BCUT2D eigenvalue weighted by Crippen LogP contribution is 2.35. The summed E-state index contributed by atoms with van der Waals surface area (Å²) in [7, 11) is 0. The molecule has 2 aliphatic rings. The number of nitrogens with zero attached hydrogens (tertiary/aromatic N) is 1. The van der Waals surface area contributed by atoms with Crippen LogP contribution in [0.25, 0.3) is 0 Å². The molecule has 19 heavy (non-hydrogen) atoms. The third-order valence-corrected chi connectivity index (χ3v) is 4.10. The van der Waals surface area contributed by atoms with Gasteiger partial charge in [0.25, 0.3) is 5.91 Å². The molecule has 1 aromatic rings. The summed E-state index contributed by atoms with van der Waals surface area (Å²) in [6, 6.07) is 0. The van der Waals surface area contributed by atoms with Gasteiger partial charge < -0.3 is 15.0 Å². The van der Waals surface area contributed by atoms with E-state index >= 15 is 0 Å². The standard InChI is InChI=1S/C14H21N3O2/c1-13(2)7-9-10(11(18)15-8-13)17-12(16-9)14(3)5-4-6-19-14/h4-8H2,1-3H3,(H,15,18)(H,16,17)/t14-/m0/s1. The quantitative estimate of drug-likeness (QED) is 0.811. The first-order valence-electron chi connectivity index (χ1n) is 6.91. The van der Waals surface area contributed by atoms with Crippen LogP contribution in [0.15, 0.2) is 0 Å². The van der Waals surface area contributed by atoms with Gasteiger partial charge >= 0.3 is 0 Å². The summed E-state index contributed by atoms with van der Waals surface area (Å²) >= 11 is 0. The van der Waals surface area contributed by atoms with Crippen molar-refractivity contribution in [2.45, 2.75) is 45.6 Å². The van der Waals surface area contributed by atoms with Crippen LogP contribution >= 0.6 is 0 Å².